The molecular formula is C13H28N2O4. The van der Waals surface area contributed by atoms with E-state index in [-0.39, 0.29) is 24.0 Å². The molecular weight excluding hydrogens is 248 g/mol. The quantitative estimate of drug-likeness (QED) is 0.632. The second-order valence-corrected chi connectivity index (χ2v) is 5.26. The Kier molecular flexibility index (Phi) is 6.65. The first kappa shape index (κ1) is 16.8. The Morgan fingerprint density at radius 3 is 1.89 bits per heavy atom. The molecule has 0 amide bonds. The largest absolute Gasteiger partial charge is 0.377 e. The van der Waals surface area contributed by atoms with E-state index < -0.39 is 0 Å². The van der Waals surface area contributed by atoms with Crippen LogP contribution in [-0.2, 0) is 18.9 Å². The van der Waals surface area contributed by atoms with Gasteiger partial charge in [-0.25, -0.2) is 0 Å². The van der Waals surface area contributed by atoms with Crippen LogP contribution in [-0.4, -0.2) is 77.0 Å². The molecule has 0 aromatic rings. The standard InChI is InChI=1S/C13H28N2O4/c1-13(9-14,6-12(18-4)19-5)15-7-10(16-2)11(8-15)17-3/h10-12H,6-9,14H2,1-5H3. The lowest BCUT2D eigenvalue weighted by atomic mass is 9.95. The van der Waals surface area contributed by atoms with Gasteiger partial charge < -0.3 is 24.7 Å². The van der Waals surface area contributed by atoms with Crippen LogP contribution in [0, 0.1) is 0 Å². The SMILES string of the molecule is COC(CC(C)(CN)N1CC(OC)C(OC)C1)OC. The average molecular weight is 276 g/mol. The first-order valence-corrected chi connectivity index (χ1v) is 6.61. The number of hydrogen-bond acceptors (Lipinski definition) is 6. The Labute approximate surface area is 116 Å². The number of methoxy groups -OCH3 is 4. The number of rotatable bonds is 8. The highest BCUT2D eigenvalue weighted by Gasteiger charge is 2.42. The zero-order chi connectivity index (χ0) is 14.5. The van der Waals surface area contributed by atoms with Crippen LogP contribution < -0.4 is 5.73 Å². The van der Waals surface area contributed by atoms with Gasteiger partial charge in [-0.1, -0.05) is 0 Å². The van der Waals surface area contributed by atoms with Crippen LogP contribution in [0.4, 0.5) is 0 Å². The maximum atomic E-state index is 5.98. The van der Waals surface area contributed by atoms with E-state index >= 15 is 0 Å². The molecule has 0 aromatic heterocycles. The predicted molar refractivity (Wildman–Crippen MR) is 73.0 cm³/mol. The lowest BCUT2D eigenvalue weighted by molar-refractivity contribution is -0.128. The molecule has 6 heteroatoms. The summed E-state index contributed by atoms with van der Waals surface area (Å²) in [5, 5.41) is 0. The highest BCUT2D eigenvalue weighted by molar-refractivity contribution is 4.97. The van der Waals surface area contributed by atoms with Crippen molar-refractivity contribution in [3.63, 3.8) is 0 Å². The lowest BCUT2D eigenvalue weighted by Gasteiger charge is -2.39. The number of nitrogens with zero attached hydrogens (tertiary/aromatic N) is 1. The maximum Gasteiger partial charge on any atom is 0.158 e. The molecule has 1 aliphatic heterocycles. The Balaban J connectivity index is 2.73. The van der Waals surface area contributed by atoms with Gasteiger partial charge in [0.1, 0.15) is 0 Å². The van der Waals surface area contributed by atoms with Gasteiger partial charge in [-0.05, 0) is 6.92 Å². The summed E-state index contributed by atoms with van der Waals surface area (Å²) in [5.74, 6) is 0. The third-order valence-electron chi connectivity index (χ3n) is 4.16. The summed E-state index contributed by atoms with van der Waals surface area (Å²) in [5.41, 5.74) is 5.79. The van der Waals surface area contributed by atoms with Crippen molar-refractivity contribution in [2.75, 3.05) is 48.1 Å². The topological polar surface area (TPSA) is 66.2 Å². The van der Waals surface area contributed by atoms with Crippen LogP contribution in [0.25, 0.3) is 0 Å². The first-order chi connectivity index (χ1) is 9.04. The molecule has 1 heterocycles. The fraction of sp³-hybridized carbons (Fsp3) is 1.00. The number of likely N-dealkylation sites (tertiary alicyclic amines) is 1. The van der Waals surface area contributed by atoms with Gasteiger partial charge in [0.2, 0.25) is 0 Å². The molecule has 19 heavy (non-hydrogen) atoms. The van der Waals surface area contributed by atoms with E-state index in [9.17, 15) is 0 Å². The molecule has 0 spiro atoms. The highest BCUT2D eigenvalue weighted by Crippen LogP contribution is 2.28. The number of nitrogens with two attached hydrogens (primary N) is 1. The van der Waals surface area contributed by atoms with Crippen LogP contribution >= 0.6 is 0 Å². The van der Waals surface area contributed by atoms with Crippen molar-refractivity contribution in [1.82, 2.24) is 4.90 Å². The fourth-order valence-corrected chi connectivity index (χ4v) is 2.60. The highest BCUT2D eigenvalue weighted by atomic mass is 16.7. The van der Waals surface area contributed by atoms with Gasteiger partial charge in [-0.15, -0.1) is 0 Å². The summed E-state index contributed by atoms with van der Waals surface area (Å²) in [6, 6.07) is 0. The molecule has 6 nitrogen and oxygen atoms in total. The molecule has 0 aromatic carbocycles. The van der Waals surface area contributed by atoms with Crippen molar-refractivity contribution in [2.24, 2.45) is 5.73 Å². The number of ether oxygens (including phenoxy) is 4. The summed E-state index contributed by atoms with van der Waals surface area (Å²) in [6.07, 6.45) is 0.624. The molecule has 0 radical (unpaired) electrons. The van der Waals surface area contributed by atoms with Gasteiger partial charge in [0, 0.05) is 60.0 Å². The number of hydrogen-bond donors (Lipinski definition) is 1. The minimum absolute atomic E-state index is 0.0828. The molecule has 3 unspecified atom stereocenters. The lowest BCUT2D eigenvalue weighted by Crippen LogP contribution is -2.53. The van der Waals surface area contributed by atoms with E-state index in [1.165, 1.54) is 0 Å². The molecule has 1 saturated heterocycles. The van der Waals surface area contributed by atoms with Crippen LogP contribution in [0.5, 0.6) is 0 Å². The predicted octanol–water partition coefficient (Wildman–Crippen LogP) is 0.0584. The van der Waals surface area contributed by atoms with Crippen LogP contribution in [0.2, 0.25) is 0 Å². The van der Waals surface area contributed by atoms with E-state index in [1.54, 1.807) is 28.4 Å². The monoisotopic (exact) mass is 276 g/mol. The Morgan fingerprint density at radius 1 is 1.11 bits per heavy atom. The minimum atomic E-state index is -0.254. The fourth-order valence-electron chi connectivity index (χ4n) is 2.60. The summed E-state index contributed by atoms with van der Waals surface area (Å²) in [6.45, 7) is 4.28. The minimum Gasteiger partial charge on any atom is -0.377 e. The Morgan fingerprint density at radius 2 is 1.58 bits per heavy atom. The van der Waals surface area contributed by atoms with Crippen molar-refractivity contribution in [3.8, 4) is 0 Å². The van der Waals surface area contributed by atoms with E-state index in [1.807, 2.05) is 0 Å². The third kappa shape index (κ3) is 3.87. The summed E-state index contributed by atoms with van der Waals surface area (Å²) < 4.78 is 21.5. The van der Waals surface area contributed by atoms with Crippen molar-refractivity contribution in [2.45, 2.75) is 37.4 Å². The molecule has 114 valence electrons. The second kappa shape index (κ2) is 7.52. The van der Waals surface area contributed by atoms with E-state index in [2.05, 4.69) is 11.8 Å². The normalized spacial score (nSPS) is 27.9. The van der Waals surface area contributed by atoms with Crippen LogP contribution in [0.1, 0.15) is 13.3 Å². The second-order valence-electron chi connectivity index (χ2n) is 5.26. The Hall–Kier alpha value is -0.240. The summed E-state index contributed by atoms with van der Waals surface area (Å²) in [7, 11) is 6.72. The van der Waals surface area contributed by atoms with E-state index in [0.29, 0.717) is 13.0 Å². The van der Waals surface area contributed by atoms with Gasteiger partial charge in [0.05, 0.1) is 12.2 Å². The zero-order valence-corrected chi connectivity index (χ0v) is 12.7. The summed E-state index contributed by atoms with van der Waals surface area (Å²) >= 11 is 0. The van der Waals surface area contributed by atoms with Gasteiger partial charge in [-0.3, -0.25) is 4.90 Å². The zero-order valence-electron chi connectivity index (χ0n) is 12.7. The van der Waals surface area contributed by atoms with Crippen molar-refractivity contribution in [3.05, 3.63) is 0 Å². The van der Waals surface area contributed by atoms with Crippen LogP contribution in [0.15, 0.2) is 0 Å². The van der Waals surface area contributed by atoms with Crippen molar-refractivity contribution in [1.29, 1.82) is 0 Å². The average Bonchev–Trinajstić information content (AvgIpc) is 2.88. The molecule has 3 atom stereocenters. The first-order valence-electron chi connectivity index (χ1n) is 6.61. The van der Waals surface area contributed by atoms with Crippen molar-refractivity contribution >= 4 is 0 Å². The van der Waals surface area contributed by atoms with Crippen molar-refractivity contribution < 1.29 is 18.9 Å². The molecule has 1 fully saturated rings. The third-order valence-corrected chi connectivity index (χ3v) is 4.16. The van der Waals surface area contributed by atoms with Gasteiger partial charge >= 0.3 is 0 Å². The molecule has 1 aliphatic rings. The van der Waals surface area contributed by atoms with Gasteiger partial charge in [-0.2, -0.15) is 0 Å². The summed E-state index contributed by atoms with van der Waals surface area (Å²) in [4.78, 5) is 2.31. The molecule has 0 aliphatic carbocycles. The van der Waals surface area contributed by atoms with Crippen LogP contribution in [0.3, 0.4) is 0 Å². The van der Waals surface area contributed by atoms with E-state index in [4.69, 9.17) is 24.7 Å². The maximum absolute atomic E-state index is 5.98. The van der Waals surface area contributed by atoms with E-state index in [0.717, 1.165) is 13.1 Å². The van der Waals surface area contributed by atoms with Gasteiger partial charge in [0.25, 0.3) is 0 Å². The molecule has 0 saturated carbocycles. The molecule has 0 bridgehead atoms. The van der Waals surface area contributed by atoms with Gasteiger partial charge in [0.15, 0.2) is 6.29 Å². The smallest absolute Gasteiger partial charge is 0.158 e. The molecule has 1 rings (SSSR count). The molecule has 2 N–H and O–H groups in total. The Bertz CT molecular complexity index is 251.